The number of amides is 1. The van der Waals surface area contributed by atoms with Gasteiger partial charge in [0.25, 0.3) is 0 Å². The lowest BCUT2D eigenvalue weighted by molar-refractivity contribution is -0.121. The number of methoxy groups -OCH3 is 1. The minimum Gasteiger partial charge on any atom is -0.382 e. The van der Waals surface area contributed by atoms with Gasteiger partial charge < -0.3 is 14.8 Å². The molecule has 19 heavy (non-hydrogen) atoms. The Bertz CT molecular complexity index is 552. The average molecular weight is 260 g/mol. The smallest absolute Gasteiger partial charge is 0.250 e. The summed E-state index contributed by atoms with van der Waals surface area (Å²) in [5, 5.41) is 3.73. The summed E-state index contributed by atoms with van der Waals surface area (Å²) in [6.45, 7) is 0.895. The van der Waals surface area contributed by atoms with Crippen molar-refractivity contribution >= 4 is 22.5 Å². The molecule has 5 nitrogen and oxygen atoms in total. The fourth-order valence-electron chi connectivity index (χ4n) is 1.71. The maximum atomic E-state index is 11.7. The van der Waals surface area contributed by atoms with Crippen LogP contribution in [0.1, 0.15) is 0 Å². The maximum absolute atomic E-state index is 11.7. The summed E-state index contributed by atoms with van der Waals surface area (Å²) in [4.78, 5) is 16.0. The van der Waals surface area contributed by atoms with Crippen LogP contribution in [0.5, 0.6) is 0 Å². The number of carbonyl (C=O) groups is 1. The van der Waals surface area contributed by atoms with Gasteiger partial charge in [0.15, 0.2) is 0 Å². The molecule has 5 heteroatoms. The molecule has 1 amide bonds. The van der Waals surface area contributed by atoms with Gasteiger partial charge in [0.1, 0.15) is 6.61 Å². The van der Waals surface area contributed by atoms with Crippen molar-refractivity contribution in [2.75, 3.05) is 32.2 Å². The number of hydrogen-bond donors (Lipinski definition) is 1. The molecule has 0 aliphatic rings. The summed E-state index contributed by atoms with van der Waals surface area (Å²) < 4.78 is 10.0. The van der Waals surface area contributed by atoms with E-state index in [0.717, 1.165) is 16.6 Å². The van der Waals surface area contributed by atoms with Crippen LogP contribution in [0.25, 0.3) is 10.9 Å². The van der Waals surface area contributed by atoms with Gasteiger partial charge in [-0.2, -0.15) is 0 Å². The third-order valence-corrected chi connectivity index (χ3v) is 2.58. The Kier molecular flexibility index (Phi) is 4.83. The fraction of sp³-hybridized carbons (Fsp3) is 0.286. The van der Waals surface area contributed by atoms with Crippen LogP contribution < -0.4 is 5.32 Å². The molecular formula is C14H16N2O3. The number of pyridine rings is 1. The molecule has 1 N–H and O–H groups in total. The van der Waals surface area contributed by atoms with E-state index in [1.54, 1.807) is 13.3 Å². The second-order valence-corrected chi connectivity index (χ2v) is 3.97. The van der Waals surface area contributed by atoms with Gasteiger partial charge in [-0.15, -0.1) is 0 Å². The Hall–Kier alpha value is -1.98. The van der Waals surface area contributed by atoms with Gasteiger partial charge in [-0.3, -0.25) is 9.78 Å². The van der Waals surface area contributed by atoms with Crippen LogP contribution in [0.4, 0.5) is 5.69 Å². The molecule has 0 saturated heterocycles. The van der Waals surface area contributed by atoms with E-state index >= 15 is 0 Å². The van der Waals surface area contributed by atoms with Crippen molar-refractivity contribution in [2.45, 2.75) is 0 Å². The lowest BCUT2D eigenvalue weighted by Gasteiger charge is -2.08. The highest BCUT2D eigenvalue weighted by molar-refractivity contribution is 6.01. The summed E-state index contributed by atoms with van der Waals surface area (Å²) in [5.41, 5.74) is 1.59. The minimum absolute atomic E-state index is 0.0139. The third-order valence-electron chi connectivity index (χ3n) is 2.58. The molecule has 0 spiro atoms. The number of nitrogens with zero attached hydrogens (tertiary/aromatic N) is 1. The van der Waals surface area contributed by atoms with E-state index in [1.165, 1.54) is 0 Å². The third kappa shape index (κ3) is 3.74. The zero-order chi connectivity index (χ0) is 13.5. The van der Waals surface area contributed by atoms with Crippen LogP contribution in [-0.2, 0) is 14.3 Å². The molecular weight excluding hydrogens is 244 g/mol. The van der Waals surface area contributed by atoms with Gasteiger partial charge in [-0.25, -0.2) is 0 Å². The van der Waals surface area contributed by atoms with Crippen LogP contribution >= 0.6 is 0 Å². The molecule has 1 heterocycles. The van der Waals surface area contributed by atoms with Crippen LogP contribution in [0.15, 0.2) is 36.5 Å². The lowest BCUT2D eigenvalue weighted by atomic mass is 10.2. The Morgan fingerprint density at radius 3 is 3.00 bits per heavy atom. The molecule has 2 aromatic rings. The second kappa shape index (κ2) is 6.82. The topological polar surface area (TPSA) is 60.5 Å². The lowest BCUT2D eigenvalue weighted by Crippen LogP contribution is -2.19. The number of aromatic nitrogens is 1. The highest BCUT2D eigenvalue weighted by Gasteiger charge is 2.05. The number of hydrogen-bond acceptors (Lipinski definition) is 4. The molecule has 0 aliphatic heterocycles. The number of benzene rings is 1. The minimum atomic E-state index is -0.188. The summed E-state index contributed by atoms with van der Waals surface area (Å²) >= 11 is 0. The number of anilines is 1. The van der Waals surface area contributed by atoms with E-state index in [2.05, 4.69) is 10.3 Å². The number of ether oxygens (including phenoxy) is 2. The second-order valence-electron chi connectivity index (χ2n) is 3.97. The SMILES string of the molecule is COCCOCC(=O)Nc1cccc2ncccc12. The summed E-state index contributed by atoms with van der Waals surface area (Å²) in [5.74, 6) is -0.188. The Balaban J connectivity index is 1.99. The predicted molar refractivity (Wildman–Crippen MR) is 73.1 cm³/mol. The molecule has 0 fully saturated rings. The standard InChI is InChI=1S/C14H16N2O3/c1-18-8-9-19-10-14(17)16-13-6-2-5-12-11(13)4-3-7-15-12/h2-7H,8-10H2,1H3,(H,16,17). The number of carbonyl (C=O) groups excluding carboxylic acids is 1. The van der Waals surface area contributed by atoms with Crippen molar-refractivity contribution < 1.29 is 14.3 Å². The molecule has 0 unspecified atom stereocenters. The molecule has 0 atom stereocenters. The molecule has 0 bridgehead atoms. The fourth-order valence-corrected chi connectivity index (χ4v) is 1.71. The summed E-state index contributed by atoms with van der Waals surface area (Å²) in [6, 6.07) is 9.37. The molecule has 2 rings (SSSR count). The van der Waals surface area contributed by atoms with Crippen LogP contribution in [-0.4, -0.2) is 37.8 Å². The monoisotopic (exact) mass is 260 g/mol. The van der Waals surface area contributed by atoms with Crippen molar-refractivity contribution in [3.63, 3.8) is 0 Å². The van der Waals surface area contributed by atoms with E-state index in [9.17, 15) is 4.79 Å². The van der Waals surface area contributed by atoms with Crippen molar-refractivity contribution in [3.05, 3.63) is 36.5 Å². The van der Waals surface area contributed by atoms with Gasteiger partial charge in [0.05, 0.1) is 24.4 Å². The van der Waals surface area contributed by atoms with Gasteiger partial charge in [0, 0.05) is 18.7 Å². The summed E-state index contributed by atoms with van der Waals surface area (Å²) in [6.07, 6.45) is 1.72. The van der Waals surface area contributed by atoms with Crippen molar-refractivity contribution in [1.29, 1.82) is 0 Å². The van der Waals surface area contributed by atoms with Crippen LogP contribution in [0.3, 0.4) is 0 Å². The first-order chi connectivity index (χ1) is 9.31. The first kappa shape index (κ1) is 13.5. The van der Waals surface area contributed by atoms with Gasteiger partial charge in [-0.1, -0.05) is 6.07 Å². The predicted octanol–water partition coefficient (Wildman–Crippen LogP) is 1.84. The molecule has 0 radical (unpaired) electrons. The summed E-state index contributed by atoms with van der Waals surface area (Å²) in [7, 11) is 1.59. The van der Waals surface area contributed by atoms with Gasteiger partial charge >= 0.3 is 0 Å². The van der Waals surface area contributed by atoms with Crippen LogP contribution in [0, 0.1) is 0 Å². The maximum Gasteiger partial charge on any atom is 0.250 e. The van der Waals surface area contributed by atoms with E-state index < -0.39 is 0 Å². The Morgan fingerprint density at radius 2 is 2.16 bits per heavy atom. The quantitative estimate of drug-likeness (QED) is 0.805. The number of rotatable bonds is 6. The Labute approximate surface area is 111 Å². The zero-order valence-corrected chi connectivity index (χ0v) is 10.8. The zero-order valence-electron chi connectivity index (χ0n) is 10.8. The molecule has 0 saturated carbocycles. The number of nitrogens with one attached hydrogen (secondary N) is 1. The van der Waals surface area contributed by atoms with E-state index in [1.807, 2.05) is 30.3 Å². The van der Waals surface area contributed by atoms with Gasteiger partial charge in [0.2, 0.25) is 5.91 Å². The van der Waals surface area contributed by atoms with Crippen LogP contribution in [0.2, 0.25) is 0 Å². The van der Waals surface area contributed by atoms with E-state index in [0.29, 0.717) is 13.2 Å². The van der Waals surface area contributed by atoms with Crippen molar-refractivity contribution in [3.8, 4) is 0 Å². The molecule has 100 valence electrons. The van der Waals surface area contributed by atoms with Crippen molar-refractivity contribution in [2.24, 2.45) is 0 Å². The van der Waals surface area contributed by atoms with Gasteiger partial charge in [-0.05, 0) is 24.3 Å². The largest absolute Gasteiger partial charge is 0.382 e. The normalized spacial score (nSPS) is 10.6. The highest BCUT2D eigenvalue weighted by atomic mass is 16.5. The van der Waals surface area contributed by atoms with E-state index in [4.69, 9.17) is 9.47 Å². The highest BCUT2D eigenvalue weighted by Crippen LogP contribution is 2.20. The first-order valence-electron chi connectivity index (χ1n) is 6.01. The molecule has 0 aliphatic carbocycles. The first-order valence-corrected chi connectivity index (χ1v) is 6.01. The van der Waals surface area contributed by atoms with E-state index in [-0.39, 0.29) is 12.5 Å². The Morgan fingerprint density at radius 1 is 1.26 bits per heavy atom. The molecule has 1 aromatic heterocycles. The average Bonchev–Trinajstić information content (AvgIpc) is 2.44. The molecule has 1 aromatic carbocycles. The van der Waals surface area contributed by atoms with Crippen molar-refractivity contribution in [1.82, 2.24) is 4.98 Å². The number of fused-ring (bicyclic) bond motifs is 1.